The van der Waals surface area contributed by atoms with Gasteiger partial charge >= 0.3 is 0 Å². The van der Waals surface area contributed by atoms with E-state index in [0.717, 1.165) is 34.5 Å². The fourth-order valence-electron chi connectivity index (χ4n) is 3.03. The minimum absolute atomic E-state index is 0.0606. The number of nitrogens with zero attached hydrogens (tertiary/aromatic N) is 5. The van der Waals surface area contributed by atoms with Crippen LogP contribution in [0.5, 0.6) is 0 Å². The predicted octanol–water partition coefficient (Wildman–Crippen LogP) is 3.15. The van der Waals surface area contributed by atoms with Gasteiger partial charge in [-0.2, -0.15) is 16.4 Å². The first-order valence-corrected chi connectivity index (χ1v) is 9.12. The Morgan fingerprint density at radius 1 is 1.35 bits per heavy atom. The zero-order chi connectivity index (χ0) is 16.0. The predicted molar refractivity (Wildman–Crippen MR) is 93.8 cm³/mol. The van der Waals surface area contributed by atoms with E-state index < -0.39 is 0 Å². The molecule has 3 aromatic heterocycles. The lowest BCUT2D eigenvalue weighted by molar-refractivity contribution is -0.0173. The molecule has 0 amide bonds. The van der Waals surface area contributed by atoms with E-state index >= 15 is 0 Å². The molecule has 4 heterocycles. The summed E-state index contributed by atoms with van der Waals surface area (Å²) in [6.45, 7) is 3.67. The molecule has 0 aromatic carbocycles. The zero-order valence-corrected chi connectivity index (χ0v) is 15.2. The number of fused-ring (bicyclic) bond motifs is 1. The van der Waals surface area contributed by atoms with Crippen molar-refractivity contribution in [2.75, 3.05) is 18.0 Å². The molecular weight excluding hydrogens is 378 g/mol. The fourth-order valence-corrected chi connectivity index (χ4v) is 4.33. The van der Waals surface area contributed by atoms with Gasteiger partial charge in [0.2, 0.25) is 0 Å². The van der Waals surface area contributed by atoms with Crippen molar-refractivity contribution in [1.82, 2.24) is 19.7 Å². The Balaban J connectivity index is 1.75. The molecule has 2 unspecified atom stereocenters. The van der Waals surface area contributed by atoms with E-state index in [1.807, 2.05) is 7.05 Å². The molecule has 8 heteroatoms. The number of hydrogen-bond acceptors (Lipinski definition) is 6. The van der Waals surface area contributed by atoms with E-state index in [-0.39, 0.29) is 12.2 Å². The highest BCUT2D eigenvalue weighted by Crippen LogP contribution is 2.34. The van der Waals surface area contributed by atoms with Crippen molar-refractivity contribution in [2.24, 2.45) is 7.05 Å². The summed E-state index contributed by atoms with van der Waals surface area (Å²) < 4.78 is 8.66. The van der Waals surface area contributed by atoms with Crippen LogP contribution in [0, 0.1) is 0 Å². The number of halogens is 1. The first-order valence-electron chi connectivity index (χ1n) is 7.39. The lowest BCUT2D eigenvalue weighted by Crippen LogP contribution is -2.43. The van der Waals surface area contributed by atoms with Crippen LogP contribution in [0.25, 0.3) is 11.0 Å². The molecule has 1 aliphatic heterocycles. The molecule has 0 spiro atoms. The summed E-state index contributed by atoms with van der Waals surface area (Å²) in [5.74, 6) is 0.908. The van der Waals surface area contributed by atoms with Gasteiger partial charge in [-0.05, 0) is 45.2 Å². The van der Waals surface area contributed by atoms with Crippen molar-refractivity contribution in [3.8, 4) is 0 Å². The van der Waals surface area contributed by atoms with Gasteiger partial charge in [-0.1, -0.05) is 0 Å². The minimum atomic E-state index is 0.0606. The largest absolute Gasteiger partial charge is 0.367 e. The molecule has 3 aromatic rings. The second-order valence-corrected chi connectivity index (χ2v) is 7.24. The third kappa shape index (κ3) is 2.64. The number of morpholine rings is 1. The zero-order valence-electron chi connectivity index (χ0n) is 12.8. The highest BCUT2D eigenvalue weighted by molar-refractivity contribution is 9.10. The van der Waals surface area contributed by atoms with Crippen LogP contribution in [0.2, 0.25) is 0 Å². The van der Waals surface area contributed by atoms with Crippen LogP contribution >= 0.6 is 27.3 Å². The molecule has 1 saturated heterocycles. The van der Waals surface area contributed by atoms with Gasteiger partial charge in [-0.3, -0.25) is 0 Å². The SMILES string of the molecule is CC1CN(c2ncnc3c2c(Br)nn3C)CC(c2ccsc2)O1. The Labute approximate surface area is 146 Å². The summed E-state index contributed by atoms with van der Waals surface area (Å²) in [5, 5.41) is 9.60. The first-order chi connectivity index (χ1) is 11.1. The minimum Gasteiger partial charge on any atom is -0.367 e. The quantitative estimate of drug-likeness (QED) is 0.669. The smallest absolute Gasteiger partial charge is 0.164 e. The van der Waals surface area contributed by atoms with Crippen LogP contribution in [0.4, 0.5) is 5.82 Å². The maximum atomic E-state index is 6.12. The summed E-state index contributed by atoms with van der Waals surface area (Å²) in [5.41, 5.74) is 2.05. The van der Waals surface area contributed by atoms with Gasteiger partial charge in [0, 0.05) is 20.1 Å². The van der Waals surface area contributed by atoms with Crippen molar-refractivity contribution >= 4 is 44.1 Å². The summed E-state index contributed by atoms with van der Waals surface area (Å²) in [4.78, 5) is 11.2. The maximum absolute atomic E-state index is 6.12. The van der Waals surface area contributed by atoms with Gasteiger partial charge in [-0.25, -0.2) is 14.6 Å². The van der Waals surface area contributed by atoms with Gasteiger partial charge in [0.05, 0.1) is 11.5 Å². The van der Waals surface area contributed by atoms with Gasteiger partial charge in [0.1, 0.15) is 22.9 Å². The van der Waals surface area contributed by atoms with E-state index in [0.29, 0.717) is 0 Å². The lowest BCUT2D eigenvalue weighted by atomic mass is 10.1. The standard InChI is InChI=1S/C15H16BrN5OS/c1-9-5-21(6-11(22-9)10-3-4-23-7-10)15-12-13(16)19-20(2)14(12)17-8-18-15/h3-4,7-9,11H,5-6H2,1-2H3. The molecular formula is C15H16BrN5OS. The monoisotopic (exact) mass is 393 g/mol. The summed E-state index contributed by atoms with van der Waals surface area (Å²) >= 11 is 5.23. The van der Waals surface area contributed by atoms with Crippen molar-refractivity contribution < 1.29 is 4.74 Å². The molecule has 0 bridgehead atoms. The van der Waals surface area contributed by atoms with Crippen LogP contribution in [0.15, 0.2) is 27.8 Å². The molecule has 23 heavy (non-hydrogen) atoms. The fraction of sp³-hybridized carbons (Fsp3) is 0.400. The van der Waals surface area contributed by atoms with Crippen molar-refractivity contribution in [1.29, 1.82) is 0 Å². The highest BCUT2D eigenvalue weighted by Gasteiger charge is 2.29. The van der Waals surface area contributed by atoms with Crippen molar-refractivity contribution in [3.05, 3.63) is 33.3 Å². The second-order valence-electron chi connectivity index (χ2n) is 5.71. The molecule has 0 radical (unpaired) electrons. The molecule has 6 nitrogen and oxygen atoms in total. The van der Waals surface area contributed by atoms with Crippen LogP contribution in [-0.2, 0) is 11.8 Å². The molecule has 1 fully saturated rings. The molecule has 1 aliphatic rings. The first kappa shape index (κ1) is 15.0. The Bertz CT molecular complexity index is 834. The van der Waals surface area contributed by atoms with Gasteiger partial charge in [0.25, 0.3) is 0 Å². The summed E-state index contributed by atoms with van der Waals surface area (Å²) in [7, 11) is 1.89. The number of thiophene rings is 1. The number of anilines is 1. The third-order valence-corrected chi connectivity index (χ3v) is 5.29. The number of rotatable bonds is 2. The van der Waals surface area contributed by atoms with Crippen LogP contribution < -0.4 is 4.90 Å². The third-order valence-electron chi connectivity index (χ3n) is 4.03. The van der Waals surface area contributed by atoms with Gasteiger partial charge < -0.3 is 9.64 Å². The van der Waals surface area contributed by atoms with Crippen LogP contribution in [0.3, 0.4) is 0 Å². The molecule has 0 saturated carbocycles. The van der Waals surface area contributed by atoms with Crippen molar-refractivity contribution in [3.63, 3.8) is 0 Å². The average molecular weight is 394 g/mol. The summed E-state index contributed by atoms with van der Waals surface area (Å²) in [6, 6.07) is 2.13. The van der Waals surface area contributed by atoms with E-state index in [9.17, 15) is 0 Å². The average Bonchev–Trinajstić information content (AvgIpc) is 3.16. The Kier molecular flexibility index (Phi) is 3.82. The Morgan fingerprint density at radius 3 is 3.00 bits per heavy atom. The molecule has 4 rings (SSSR count). The van der Waals surface area contributed by atoms with Gasteiger partial charge in [0.15, 0.2) is 5.65 Å². The number of aryl methyl sites for hydroxylation is 1. The normalized spacial score (nSPS) is 22.0. The van der Waals surface area contributed by atoms with E-state index in [1.54, 1.807) is 22.3 Å². The molecule has 0 aliphatic carbocycles. The van der Waals surface area contributed by atoms with Gasteiger partial charge in [-0.15, -0.1) is 0 Å². The highest BCUT2D eigenvalue weighted by atomic mass is 79.9. The lowest BCUT2D eigenvalue weighted by Gasteiger charge is -2.37. The van der Waals surface area contributed by atoms with E-state index in [2.05, 4.69) is 59.6 Å². The molecule has 120 valence electrons. The Hall–Kier alpha value is -1.51. The Morgan fingerprint density at radius 2 is 2.22 bits per heavy atom. The summed E-state index contributed by atoms with van der Waals surface area (Å²) in [6.07, 6.45) is 1.80. The molecule has 2 atom stereocenters. The number of hydrogen-bond donors (Lipinski definition) is 0. The van der Waals surface area contributed by atoms with Crippen LogP contribution in [0.1, 0.15) is 18.6 Å². The number of aromatic nitrogens is 4. The van der Waals surface area contributed by atoms with E-state index in [4.69, 9.17) is 4.74 Å². The van der Waals surface area contributed by atoms with E-state index in [1.165, 1.54) is 5.56 Å². The van der Waals surface area contributed by atoms with Crippen LogP contribution in [-0.4, -0.2) is 38.9 Å². The topological polar surface area (TPSA) is 56.1 Å². The molecule has 0 N–H and O–H groups in total. The maximum Gasteiger partial charge on any atom is 0.164 e. The second kappa shape index (κ2) is 5.85. The van der Waals surface area contributed by atoms with Crippen molar-refractivity contribution in [2.45, 2.75) is 19.1 Å². The number of ether oxygens (including phenoxy) is 1.